The summed E-state index contributed by atoms with van der Waals surface area (Å²) in [4.78, 5) is 54.0. The van der Waals surface area contributed by atoms with Crippen LogP contribution in [-0.2, 0) is 34.7 Å². The molecule has 0 radical (unpaired) electrons. The van der Waals surface area contributed by atoms with Gasteiger partial charge >= 0.3 is 0 Å². The van der Waals surface area contributed by atoms with E-state index in [-0.39, 0.29) is 48.7 Å². The molecule has 0 saturated heterocycles. The molecular formula is C38H36N4O7. The lowest BCUT2D eigenvalue weighted by Gasteiger charge is -2.36. The summed E-state index contributed by atoms with van der Waals surface area (Å²) in [6, 6.07) is 27.1. The molecule has 0 aromatic heterocycles. The first-order chi connectivity index (χ1) is 23.6. The lowest BCUT2D eigenvalue weighted by Crippen LogP contribution is -2.46. The van der Waals surface area contributed by atoms with Crippen molar-refractivity contribution in [3.05, 3.63) is 147 Å². The lowest BCUT2D eigenvalue weighted by atomic mass is 9.82. The molecule has 250 valence electrons. The number of aliphatic hydroxyl groups is 2. The molecule has 0 bridgehead atoms. The van der Waals surface area contributed by atoms with Crippen LogP contribution in [0.1, 0.15) is 46.0 Å². The van der Waals surface area contributed by atoms with Gasteiger partial charge in [0.25, 0.3) is 17.5 Å². The molecule has 2 aliphatic rings. The van der Waals surface area contributed by atoms with Crippen LogP contribution in [0.5, 0.6) is 0 Å². The zero-order valence-electron chi connectivity index (χ0n) is 26.9. The number of benzene rings is 4. The molecule has 11 nitrogen and oxygen atoms in total. The van der Waals surface area contributed by atoms with E-state index >= 15 is 0 Å². The van der Waals surface area contributed by atoms with Crippen molar-refractivity contribution in [1.29, 1.82) is 0 Å². The second-order valence-corrected chi connectivity index (χ2v) is 12.4. The van der Waals surface area contributed by atoms with E-state index in [1.54, 1.807) is 72.5 Å². The Labute approximate surface area is 283 Å². The first-order valence-electron chi connectivity index (χ1n) is 16.0. The highest BCUT2D eigenvalue weighted by Crippen LogP contribution is 2.47. The standard InChI is InChI=1S/C38H36N4O7/c1-25(8-7-13-35(44)40-23-29-12-6-5-11-28(29)20-32(40)24-43)38(47)33-21-31(42(48)49)18-19-34(33)41(37(38)46)22-26-14-16-30(17-15-26)39-36(45)27-9-3-2-4-10-27/h2-12,14-19,21,25,32,43,47H,13,20,22-24H2,1H3,(H,39,45)/b8-7+/t25-,32+,38+/m1/s1. The SMILES string of the molecule is C[C@H](/C=C/CC(=O)N1Cc2ccccc2C[C@H]1CO)[C@@]1(O)C(=O)N(Cc2ccc(NC(=O)c3ccccc3)cc2)c2ccc([N+](=O)[O-])cc21. The molecule has 0 spiro atoms. The summed E-state index contributed by atoms with van der Waals surface area (Å²) in [5.74, 6) is -1.98. The van der Waals surface area contributed by atoms with Gasteiger partial charge in [-0.3, -0.25) is 24.5 Å². The maximum atomic E-state index is 14.0. The zero-order chi connectivity index (χ0) is 34.7. The van der Waals surface area contributed by atoms with Gasteiger partial charge in [-0.05, 0) is 53.4 Å². The molecular weight excluding hydrogens is 624 g/mol. The highest BCUT2D eigenvalue weighted by atomic mass is 16.6. The number of nitro groups is 1. The van der Waals surface area contributed by atoms with Crippen molar-refractivity contribution >= 4 is 34.8 Å². The Bertz CT molecular complexity index is 1930. The Morgan fingerprint density at radius 3 is 2.41 bits per heavy atom. The molecule has 2 aliphatic heterocycles. The number of non-ortho nitro benzene ring substituents is 1. The molecule has 6 rings (SSSR count). The number of aliphatic hydroxyl groups excluding tert-OH is 1. The monoisotopic (exact) mass is 660 g/mol. The largest absolute Gasteiger partial charge is 0.394 e. The first kappa shape index (κ1) is 33.3. The molecule has 2 heterocycles. The van der Waals surface area contributed by atoms with E-state index in [9.17, 15) is 34.7 Å². The van der Waals surface area contributed by atoms with Gasteiger partial charge in [-0.2, -0.15) is 0 Å². The lowest BCUT2D eigenvalue weighted by molar-refractivity contribution is -0.385. The normalized spacial score (nSPS) is 19.0. The van der Waals surface area contributed by atoms with E-state index in [1.165, 1.54) is 23.1 Å². The van der Waals surface area contributed by atoms with E-state index in [0.29, 0.717) is 35.5 Å². The summed E-state index contributed by atoms with van der Waals surface area (Å²) < 4.78 is 0. The number of anilines is 2. The molecule has 0 saturated carbocycles. The molecule has 11 heteroatoms. The predicted molar refractivity (Wildman–Crippen MR) is 184 cm³/mol. The minimum absolute atomic E-state index is 0.0219. The van der Waals surface area contributed by atoms with Crippen LogP contribution in [0, 0.1) is 16.0 Å². The third-order valence-corrected chi connectivity index (χ3v) is 9.31. The van der Waals surface area contributed by atoms with Gasteiger partial charge in [0.2, 0.25) is 5.91 Å². The molecule has 0 unspecified atom stereocenters. The molecule has 0 aliphatic carbocycles. The number of amides is 3. The zero-order valence-corrected chi connectivity index (χ0v) is 26.9. The van der Waals surface area contributed by atoms with Crippen LogP contribution >= 0.6 is 0 Å². The van der Waals surface area contributed by atoms with Crippen LogP contribution in [-0.4, -0.2) is 50.4 Å². The van der Waals surface area contributed by atoms with Crippen molar-refractivity contribution in [3.63, 3.8) is 0 Å². The average Bonchev–Trinajstić information content (AvgIpc) is 3.33. The number of nitrogens with zero attached hydrogens (tertiary/aromatic N) is 3. The van der Waals surface area contributed by atoms with Gasteiger partial charge in [-0.15, -0.1) is 0 Å². The predicted octanol–water partition coefficient (Wildman–Crippen LogP) is 5.11. The third-order valence-electron chi connectivity index (χ3n) is 9.31. The molecule has 4 aromatic rings. The fourth-order valence-corrected chi connectivity index (χ4v) is 6.55. The van der Waals surface area contributed by atoms with Gasteiger partial charge in [0.05, 0.1) is 29.8 Å². The third kappa shape index (κ3) is 6.58. The minimum Gasteiger partial charge on any atom is -0.394 e. The molecule has 0 fully saturated rings. The quantitative estimate of drug-likeness (QED) is 0.121. The Morgan fingerprint density at radius 2 is 1.71 bits per heavy atom. The van der Waals surface area contributed by atoms with Gasteiger partial charge < -0.3 is 25.3 Å². The number of hydrogen-bond donors (Lipinski definition) is 3. The summed E-state index contributed by atoms with van der Waals surface area (Å²) in [7, 11) is 0. The summed E-state index contributed by atoms with van der Waals surface area (Å²) >= 11 is 0. The summed E-state index contributed by atoms with van der Waals surface area (Å²) in [5.41, 5.74) is 1.94. The van der Waals surface area contributed by atoms with Crippen molar-refractivity contribution in [1.82, 2.24) is 4.90 Å². The van der Waals surface area contributed by atoms with E-state index in [1.807, 2.05) is 30.3 Å². The van der Waals surface area contributed by atoms with Gasteiger partial charge in [0.15, 0.2) is 5.60 Å². The highest BCUT2D eigenvalue weighted by molar-refractivity contribution is 6.07. The van der Waals surface area contributed by atoms with Crippen LogP contribution in [0.25, 0.3) is 0 Å². The number of carbonyl (C=O) groups excluding carboxylic acids is 3. The average molecular weight is 661 g/mol. The van der Waals surface area contributed by atoms with Gasteiger partial charge in [-0.1, -0.05) is 73.7 Å². The summed E-state index contributed by atoms with van der Waals surface area (Å²) in [6.07, 6.45) is 3.70. The van der Waals surface area contributed by atoms with Crippen molar-refractivity contribution in [2.24, 2.45) is 5.92 Å². The second-order valence-electron chi connectivity index (χ2n) is 12.4. The highest BCUT2D eigenvalue weighted by Gasteiger charge is 2.53. The van der Waals surface area contributed by atoms with Crippen LogP contribution in [0.15, 0.2) is 109 Å². The number of carbonyl (C=O) groups is 3. The van der Waals surface area contributed by atoms with Crippen LogP contribution in [0.4, 0.5) is 17.1 Å². The molecule has 3 N–H and O–H groups in total. The van der Waals surface area contributed by atoms with E-state index in [4.69, 9.17) is 0 Å². The van der Waals surface area contributed by atoms with Crippen LogP contribution < -0.4 is 10.2 Å². The minimum atomic E-state index is -2.14. The van der Waals surface area contributed by atoms with Gasteiger partial charge in [-0.25, -0.2) is 0 Å². The van der Waals surface area contributed by atoms with E-state index in [2.05, 4.69) is 5.32 Å². The van der Waals surface area contributed by atoms with Crippen molar-refractivity contribution in [3.8, 4) is 0 Å². The Balaban J connectivity index is 1.19. The number of nitro benzene ring substituents is 1. The Morgan fingerprint density at radius 1 is 1.02 bits per heavy atom. The second kappa shape index (κ2) is 13.8. The first-order valence-corrected chi connectivity index (χ1v) is 16.0. The maximum absolute atomic E-state index is 14.0. The van der Waals surface area contributed by atoms with Crippen molar-refractivity contribution < 1.29 is 29.5 Å². The fraction of sp³-hybridized carbons (Fsp3) is 0.237. The van der Waals surface area contributed by atoms with Crippen LogP contribution in [0.2, 0.25) is 0 Å². The Hall–Kier alpha value is -5.65. The Kier molecular flexibility index (Phi) is 9.39. The number of fused-ring (bicyclic) bond motifs is 2. The maximum Gasteiger partial charge on any atom is 0.269 e. The number of hydrogen-bond acceptors (Lipinski definition) is 7. The van der Waals surface area contributed by atoms with Gasteiger partial charge in [0.1, 0.15) is 0 Å². The molecule has 3 amide bonds. The van der Waals surface area contributed by atoms with E-state index < -0.39 is 22.3 Å². The fourth-order valence-electron chi connectivity index (χ4n) is 6.55. The smallest absolute Gasteiger partial charge is 0.269 e. The summed E-state index contributed by atoms with van der Waals surface area (Å²) in [5, 5.41) is 36.5. The van der Waals surface area contributed by atoms with Gasteiger partial charge in [0, 0.05) is 47.8 Å². The van der Waals surface area contributed by atoms with Crippen molar-refractivity contribution in [2.75, 3.05) is 16.8 Å². The number of rotatable bonds is 10. The van der Waals surface area contributed by atoms with Crippen LogP contribution in [0.3, 0.4) is 0 Å². The number of nitrogens with one attached hydrogen (secondary N) is 1. The molecule has 3 atom stereocenters. The topological polar surface area (TPSA) is 153 Å². The molecule has 4 aromatic carbocycles. The molecule has 49 heavy (non-hydrogen) atoms. The summed E-state index contributed by atoms with van der Waals surface area (Å²) in [6.45, 7) is 1.89. The van der Waals surface area contributed by atoms with E-state index in [0.717, 1.165) is 11.1 Å². The van der Waals surface area contributed by atoms with Crippen molar-refractivity contribution in [2.45, 2.75) is 44.5 Å².